The van der Waals surface area contributed by atoms with E-state index in [0.717, 1.165) is 29.8 Å². The summed E-state index contributed by atoms with van der Waals surface area (Å²) in [5.41, 5.74) is 1.34. The number of nitrogens with zero attached hydrogens (tertiary/aromatic N) is 6. The van der Waals surface area contributed by atoms with E-state index in [2.05, 4.69) is 24.8 Å². The van der Waals surface area contributed by atoms with Crippen LogP contribution < -0.4 is 9.80 Å². The quantitative estimate of drug-likeness (QED) is 0.629. The summed E-state index contributed by atoms with van der Waals surface area (Å²) in [7, 11) is 0. The number of hydrogen-bond acceptors (Lipinski definition) is 7. The van der Waals surface area contributed by atoms with Crippen LogP contribution in [0.3, 0.4) is 0 Å². The van der Waals surface area contributed by atoms with Gasteiger partial charge in [0.25, 0.3) is 0 Å². The predicted molar refractivity (Wildman–Crippen MR) is 89.7 cm³/mol. The minimum atomic E-state index is -0.330. The van der Waals surface area contributed by atoms with Crippen LogP contribution in [0.5, 0.6) is 0 Å². The third kappa shape index (κ3) is 3.36. The Bertz CT molecular complexity index is 702. The Morgan fingerprint density at radius 3 is 2.43 bits per heavy atom. The van der Waals surface area contributed by atoms with Crippen molar-refractivity contribution in [3.63, 3.8) is 0 Å². The van der Waals surface area contributed by atoms with Crippen molar-refractivity contribution >= 4 is 23.4 Å². The molecule has 0 atom stereocenters. The van der Waals surface area contributed by atoms with E-state index in [0.29, 0.717) is 24.6 Å². The maximum absolute atomic E-state index is 14.2. The highest BCUT2D eigenvalue weighted by Crippen LogP contribution is 2.22. The highest BCUT2D eigenvalue weighted by molar-refractivity contribution is 7.98. The smallest absolute Gasteiger partial charge is 0.189 e. The number of aryl methyl sites for hydroxylation is 2. The SMILES string of the molecule is CSc1nc(C)cc(N2CCN(c3ncnc(C)c3F)CC2)n1. The van der Waals surface area contributed by atoms with Crippen LogP contribution in [0.1, 0.15) is 11.4 Å². The summed E-state index contributed by atoms with van der Waals surface area (Å²) in [6.45, 7) is 6.57. The molecule has 6 nitrogen and oxygen atoms in total. The van der Waals surface area contributed by atoms with Gasteiger partial charge in [0.1, 0.15) is 12.1 Å². The molecule has 122 valence electrons. The lowest BCUT2D eigenvalue weighted by molar-refractivity contribution is 0.572. The number of rotatable bonds is 3. The molecule has 0 N–H and O–H groups in total. The Morgan fingerprint density at radius 2 is 1.74 bits per heavy atom. The summed E-state index contributed by atoms with van der Waals surface area (Å²) in [5, 5.41) is 0.778. The lowest BCUT2D eigenvalue weighted by Crippen LogP contribution is -2.47. The van der Waals surface area contributed by atoms with E-state index in [4.69, 9.17) is 0 Å². The maximum atomic E-state index is 14.2. The van der Waals surface area contributed by atoms with E-state index in [1.165, 1.54) is 18.1 Å². The summed E-state index contributed by atoms with van der Waals surface area (Å²) < 4.78 is 14.2. The number of halogens is 1. The fourth-order valence-electron chi connectivity index (χ4n) is 2.59. The molecule has 1 aliphatic heterocycles. The number of hydrogen-bond donors (Lipinski definition) is 0. The topological polar surface area (TPSA) is 58.0 Å². The average Bonchev–Trinajstić information content (AvgIpc) is 2.57. The summed E-state index contributed by atoms with van der Waals surface area (Å²) in [4.78, 5) is 21.1. The molecule has 3 rings (SSSR count). The third-order valence-electron chi connectivity index (χ3n) is 3.85. The van der Waals surface area contributed by atoms with Gasteiger partial charge in [0, 0.05) is 37.9 Å². The zero-order valence-electron chi connectivity index (χ0n) is 13.5. The molecule has 1 fully saturated rings. The number of piperazine rings is 1. The third-order valence-corrected chi connectivity index (χ3v) is 4.40. The molecule has 2 aromatic rings. The fourth-order valence-corrected chi connectivity index (χ4v) is 3.01. The van der Waals surface area contributed by atoms with Crippen molar-refractivity contribution in [2.24, 2.45) is 0 Å². The minimum absolute atomic E-state index is 0.330. The van der Waals surface area contributed by atoms with Gasteiger partial charge in [0.2, 0.25) is 0 Å². The summed E-state index contributed by atoms with van der Waals surface area (Å²) in [6, 6.07) is 1.99. The van der Waals surface area contributed by atoms with Gasteiger partial charge in [-0.25, -0.2) is 24.3 Å². The van der Waals surface area contributed by atoms with E-state index >= 15 is 0 Å². The molecule has 0 amide bonds. The van der Waals surface area contributed by atoms with Gasteiger partial charge in [-0.3, -0.25) is 0 Å². The molecule has 23 heavy (non-hydrogen) atoms. The molecule has 2 aromatic heterocycles. The number of aromatic nitrogens is 4. The second-order valence-corrected chi connectivity index (χ2v) is 6.20. The van der Waals surface area contributed by atoms with E-state index in [1.807, 2.05) is 24.1 Å². The summed E-state index contributed by atoms with van der Waals surface area (Å²) in [6.07, 6.45) is 3.38. The lowest BCUT2D eigenvalue weighted by atomic mass is 10.3. The standard InChI is InChI=1S/C15H19FN6S/c1-10-8-12(20-15(19-10)23-3)21-4-6-22(7-5-21)14-13(16)11(2)17-9-18-14/h8-9H,4-7H2,1-3H3. The molecular formula is C15H19FN6S. The second-order valence-electron chi connectivity index (χ2n) is 5.42. The number of anilines is 2. The fraction of sp³-hybridized carbons (Fsp3) is 0.467. The highest BCUT2D eigenvalue weighted by Gasteiger charge is 2.22. The van der Waals surface area contributed by atoms with Gasteiger partial charge >= 0.3 is 0 Å². The summed E-state index contributed by atoms with van der Waals surface area (Å²) in [5.74, 6) is 0.991. The van der Waals surface area contributed by atoms with Crippen molar-refractivity contribution < 1.29 is 4.39 Å². The molecular weight excluding hydrogens is 315 g/mol. The van der Waals surface area contributed by atoms with Crippen LogP contribution in [0.2, 0.25) is 0 Å². The van der Waals surface area contributed by atoms with Crippen molar-refractivity contribution in [2.45, 2.75) is 19.0 Å². The molecule has 0 aromatic carbocycles. The molecule has 0 spiro atoms. The Kier molecular flexibility index (Phi) is 4.61. The average molecular weight is 334 g/mol. The maximum Gasteiger partial charge on any atom is 0.189 e. The van der Waals surface area contributed by atoms with Gasteiger partial charge in [-0.15, -0.1) is 0 Å². The largest absolute Gasteiger partial charge is 0.353 e. The molecule has 0 radical (unpaired) electrons. The minimum Gasteiger partial charge on any atom is -0.353 e. The van der Waals surface area contributed by atoms with Crippen LogP contribution in [0.25, 0.3) is 0 Å². The highest BCUT2D eigenvalue weighted by atomic mass is 32.2. The Labute approximate surface area is 139 Å². The molecule has 0 saturated carbocycles. The van der Waals surface area contributed by atoms with Crippen LogP contribution in [0.4, 0.5) is 16.0 Å². The zero-order chi connectivity index (χ0) is 16.4. The molecule has 8 heteroatoms. The van der Waals surface area contributed by atoms with Gasteiger partial charge in [-0.2, -0.15) is 0 Å². The van der Waals surface area contributed by atoms with E-state index < -0.39 is 0 Å². The summed E-state index contributed by atoms with van der Waals surface area (Å²) >= 11 is 1.54. The van der Waals surface area contributed by atoms with E-state index in [1.54, 1.807) is 6.92 Å². The van der Waals surface area contributed by atoms with Crippen molar-refractivity contribution in [2.75, 3.05) is 42.2 Å². The predicted octanol–water partition coefficient (Wildman–Crippen LogP) is 2.07. The first-order chi connectivity index (χ1) is 11.1. The van der Waals surface area contributed by atoms with E-state index in [9.17, 15) is 4.39 Å². The molecule has 3 heterocycles. The van der Waals surface area contributed by atoms with Crippen LogP contribution in [0.15, 0.2) is 17.6 Å². The monoisotopic (exact) mass is 334 g/mol. The van der Waals surface area contributed by atoms with Crippen LogP contribution >= 0.6 is 11.8 Å². The van der Waals surface area contributed by atoms with Crippen LogP contribution in [0, 0.1) is 19.7 Å². The molecule has 0 aliphatic carbocycles. The van der Waals surface area contributed by atoms with Crippen molar-refractivity contribution in [3.05, 3.63) is 29.6 Å². The lowest BCUT2D eigenvalue weighted by Gasteiger charge is -2.36. The molecule has 0 unspecified atom stereocenters. The Hall–Kier alpha value is -1.96. The van der Waals surface area contributed by atoms with Gasteiger partial charge in [-0.1, -0.05) is 11.8 Å². The molecule has 0 bridgehead atoms. The van der Waals surface area contributed by atoms with E-state index in [-0.39, 0.29) is 5.82 Å². The van der Waals surface area contributed by atoms with Gasteiger partial charge in [-0.05, 0) is 20.1 Å². The van der Waals surface area contributed by atoms with Crippen LogP contribution in [-0.4, -0.2) is 52.4 Å². The van der Waals surface area contributed by atoms with Gasteiger partial charge in [0.15, 0.2) is 16.8 Å². The first kappa shape index (κ1) is 15.9. The second kappa shape index (κ2) is 6.66. The normalized spacial score (nSPS) is 15.1. The number of thioether (sulfide) groups is 1. The van der Waals surface area contributed by atoms with Crippen LogP contribution in [-0.2, 0) is 0 Å². The van der Waals surface area contributed by atoms with Gasteiger partial charge in [0.05, 0.1) is 5.69 Å². The van der Waals surface area contributed by atoms with Crippen molar-refractivity contribution in [3.8, 4) is 0 Å². The molecule has 1 aliphatic rings. The molecule has 1 saturated heterocycles. The van der Waals surface area contributed by atoms with Gasteiger partial charge < -0.3 is 9.80 Å². The zero-order valence-corrected chi connectivity index (χ0v) is 14.3. The Morgan fingerprint density at radius 1 is 1.04 bits per heavy atom. The Balaban J connectivity index is 1.73. The van der Waals surface area contributed by atoms with Crippen molar-refractivity contribution in [1.82, 2.24) is 19.9 Å². The van der Waals surface area contributed by atoms with Crippen molar-refractivity contribution in [1.29, 1.82) is 0 Å². The first-order valence-electron chi connectivity index (χ1n) is 7.45. The first-order valence-corrected chi connectivity index (χ1v) is 8.67.